The Morgan fingerprint density at radius 3 is 2.56 bits per heavy atom. The number of hydrogen-bond acceptors (Lipinski definition) is 8. The van der Waals surface area contributed by atoms with Gasteiger partial charge in [0.1, 0.15) is 0 Å². The predicted octanol–water partition coefficient (Wildman–Crippen LogP) is 3.96. The number of amides is 2. The van der Waals surface area contributed by atoms with Crippen molar-refractivity contribution in [3.05, 3.63) is 47.3 Å². The highest BCUT2D eigenvalue weighted by molar-refractivity contribution is 5.96. The van der Waals surface area contributed by atoms with E-state index in [0.717, 1.165) is 92.8 Å². The van der Waals surface area contributed by atoms with Crippen LogP contribution in [0.3, 0.4) is 0 Å². The third kappa shape index (κ3) is 8.98. The summed E-state index contributed by atoms with van der Waals surface area (Å²) >= 11 is 0. The first kappa shape index (κ1) is 32.4. The maximum Gasteiger partial charge on any atom is 0.251 e. The summed E-state index contributed by atoms with van der Waals surface area (Å²) in [4.78, 5) is 32.6. The van der Waals surface area contributed by atoms with Crippen LogP contribution in [0.25, 0.3) is 11.0 Å². The van der Waals surface area contributed by atoms with Crippen LogP contribution in [0.1, 0.15) is 74.0 Å². The first-order valence-electron chi connectivity index (χ1n) is 15.6. The second-order valence-electron chi connectivity index (χ2n) is 11.1. The van der Waals surface area contributed by atoms with E-state index < -0.39 is 0 Å². The number of hydrogen-bond donors (Lipinski definition) is 4. The summed E-state index contributed by atoms with van der Waals surface area (Å²) in [6.45, 7) is 8.40. The fraction of sp³-hybridized carbons (Fsp3) is 0.562. The van der Waals surface area contributed by atoms with E-state index >= 15 is 0 Å². The van der Waals surface area contributed by atoms with E-state index in [9.17, 15) is 9.59 Å². The lowest BCUT2D eigenvalue weighted by Gasteiger charge is -2.26. The van der Waals surface area contributed by atoms with Crippen LogP contribution < -0.4 is 16.0 Å². The fourth-order valence-corrected chi connectivity index (χ4v) is 5.43. The van der Waals surface area contributed by atoms with Crippen molar-refractivity contribution in [3.8, 4) is 0 Å². The van der Waals surface area contributed by atoms with Gasteiger partial charge in [-0.1, -0.05) is 13.3 Å². The van der Waals surface area contributed by atoms with Crippen LogP contribution in [0, 0.1) is 0 Å². The number of anilines is 2. The van der Waals surface area contributed by atoms with Crippen LogP contribution in [0.4, 0.5) is 11.4 Å². The Labute approximate surface area is 254 Å². The third-order valence-electron chi connectivity index (χ3n) is 7.96. The standard InChI is InChI=1S/C32H47N7O4/c1-4-28-26(30(36-25-14-19-43-20-15-25)27-22-34-39(5-2)31(27)37-28)21-33-32(42)23-10-12-24(13-11-23)35-29(41)9-7-6-8-16-38(3)17-18-40/h10-13,22,25,40H,4-9,14-21H2,1-3H3,(H,33,42)(H,35,41)(H,36,37). The number of ether oxygens (including phenoxy) is 1. The number of unbranched alkanes of at least 4 members (excludes halogenated alkanes) is 2. The van der Waals surface area contributed by atoms with Crippen LogP contribution in [0.2, 0.25) is 0 Å². The minimum atomic E-state index is -0.188. The number of nitrogens with zero attached hydrogens (tertiary/aromatic N) is 4. The minimum absolute atomic E-state index is 0.0353. The molecule has 2 amide bonds. The number of carbonyl (C=O) groups is 2. The lowest BCUT2D eigenvalue weighted by molar-refractivity contribution is -0.116. The molecular formula is C32H47N7O4. The summed E-state index contributed by atoms with van der Waals surface area (Å²) in [6, 6.07) is 7.27. The van der Waals surface area contributed by atoms with E-state index in [-0.39, 0.29) is 24.5 Å². The zero-order chi connectivity index (χ0) is 30.6. The number of aryl methyl sites for hydroxylation is 2. The molecule has 3 aromatic rings. The van der Waals surface area contributed by atoms with E-state index in [1.807, 2.05) is 17.9 Å². The first-order valence-corrected chi connectivity index (χ1v) is 15.6. The van der Waals surface area contributed by atoms with Gasteiger partial charge >= 0.3 is 0 Å². The number of rotatable bonds is 16. The Kier molecular flexibility index (Phi) is 12.3. The molecule has 1 saturated heterocycles. The number of fused-ring (bicyclic) bond motifs is 1. The van der Waals surface area contributed by atoms with Gasteiger partial charge in [-0.05, 0) is 76.9 Å². The van der Waals surface area contributed by atoms with Gasteiger partial charge in [-0.3, -0.25) is 9.59 Å². The average molecular weight is 594 g/mol. The molecule has 0 atom stereocenters. The normalized spacial score (nSPS) is 13.9. The lowest BCUT2D eigenvalue weighted by atomic mass is 10.0. The molecule has 0 aliphatic carbocycles. The monoisotopic (exact) mass is 593 g/mol. The van der Waals surface area contributed by atoms with Crippen molar-refractivity contribution in [2.24, 2.45) is 0 Å². The summed E-state index contributed by atoms with van der Waals surface area (Å²) < 4.78 is 7.47. The molecule has 1 fully saturated rings. The van der Waals surface area contributed by atoms with Crippen LogP contribution in [0.15, 0.2) is 30.5 Å². The summed E-state index contributed by atoms with van der Waals surface area (Å²) in [5.74, 6) is -0.223. The SMILES string of the molecule is CCc1nc2c(cnn2CC)c(NC2CCOCC2)c1CNC(=O)c1ccc(NC(=O)CCCCCN(C)CCO)cc1. The van der Waals surface area contributed by atoms with Gasteiger partial charge in [-0.2, -0.15) is 5.10 Å². The average Bonchev–Trinajstić information content (AvgIpc) is 3.44. The Morgan fingerprint density at radius 1 is 1.09 bits per heavy atom. The van der Waals surface area contributed by atoms with Crippen LogP contribution in [0.5, 0.6) is 0 Å². The highest BCUT2D eigenvalue weighted by Crippen LogP contribution is 2.31. The molecule has 0 spiro atoms. The Morgan fingerprint density at radius 2 is 1.86 bits per heavy atom. The summed E-state index contributed by atoms with van der Waals surface area (Å²) in [5.41, 5.74) is 4.95. The largest absolute Gasteiger partial charge is 0.395 e. The maximum absolute atomic E-state index is 13.2. The Hall–Kier alpha value is -3.54. The van der Waals surface area contributed by atoms with E-state index in [4.69, 9.17) is 14.8 Å². The van der Waals surface area contributed by atoms with Crippen molar-refractivity contribution in [2.45, 2.75) is 77.9 Å². The highest BCUT2D eigenvalue weighted by atomic mass is 16.5. The first-order chi connectivity index (χ1) is 20.9. The van der Waals surface area contributed by atoms with E-state index in [1.54, 1.807) is 24.3 Å². The molecule has 0 unspecified atom stereocenters. The molecule has 0 radical (unpaired) electrons. The molecule has 3 heterocycles. The quantitative estimate of drug-likeness (QED) is 0.184. The van der Waals surface area contributed by atoms with Crippen LogP contribution in [-0.2, 0) is 29.0 Å². The van der Waals surface area contributed by atoms with E-state index in [0.29, 0.717) is 30.8 Å². The number of nitrogens with one attached hydrogen (secondary N) is 3. The smallest absolute Gasteiger partial charge is 0.251 e. The van der Waals surface area contributed by atoms with Gasteiger partial charge in [0, 0.05) is 67.8 Å². The molecule has 1 aliphatic heterocycles. The van der Waals surface area contributed by atoms with Crippen molar-refractivity contribution >= 4 is 34.2 Å². The molecule has 11 heteroatoms. The van der Waals surface area contributed by atoms with Gasteiger partial charge < -0.3 is 30.7 Å². The van der Waals surface area contributed by atoms with E-state index in [1.165, 1.54) is 0 Å². The van der Waals surface area contributed by atoms with Gasteiger partial charge in [0.2, 0.25) is 5.91 Å². The number of likely N-dealkylation sites (N-methyl/N-ethyl adjacent to an activating group) is 1. The molecule has 1 aliphatic rings. The molecule has 0 bridgehead atoms. The maximum atomic E-state index is 13.2. The van der Waals surface area contributed by atoms with Crippen molar-refractivity contribution in [3.63, 3.8) is 0 Å². The van der Waals surface area contributed by atoms with Gasteiger partial charge in [-0.15, -0.1) is 0 Å². The zero-order valence-electron chi connectivity index (χ0n) is 25.8. The summed E-state index contributed by atoms with van der Waals surface area (Å²) in [5, 5.41) is 24.2. The third-order valence-corrected chi connectivity index (χ3v) is 7.96. The van der Waals surface area contributed by atoms with Gasteiger partial charge in [0.25, 0.3) is 5.91 Å². The second kappa shape index (κ2) is 16.3. The van der Waals surface area contributed by atoms with Crippen LogP contribution in [-0.4, -0.2) is 82.6 Å². The molecule has 4 rings (SSSR count). The highest BCUT2D eigenvalue weighted by Gasteiger charge is 2.22. The number of pyridine rings is 1. The summed E-state index contributed by atoms with van der Waals surface area (Å²) in [6.07, 6.45) is 7.65. The van der Waals surface area contributed by atoms with Gasteiger partial charge in [0.15, 0.2) is 5.65 Å². The molecule has 0 saturated carbocycles. The number of carbonyl (C=O) groups excluding carboxylic acids is 2. The minimum Gasteiger partial charge on any atom is -0.395 e. The number of aliphatic hydroxyl groups excluding tert-OH is 1. The van der Waals surface area contributed by atoms with E-state index in [2.05, 4.69) is 39.8 Å². The fourth-order valence-electron chi connectivity index (χ4n) is 5.43. The Bertz CT molecular complexity index is 1340. The molecule has 11 nitrogen and oxygen atoms in total. The van der Waals surface area contributed by atoms with Crippen molar-refractivity contribution in [2.75, 3.05) is 50.6 Å². The van der Waals surface area contributed by atoms with Crippen LogP contribution >= 0.6 is 0 Å². The molecule has 234 valence electrons. The molecule has 2 aromatic heterocycles. The number of aromatic nitrogens is 3. The topological polar surface area (TPSA) is 134 Å². The Balaban J connectivity index is 1.36. The molecular weight excluding hydrogens is 546 g/mol. The molecule has 43 heavy (non-hydrogen) atoms. The zero-order valence-corrected chi connectivity index (χ0v) is 25.8. The molecule has 4 N–H and O–H groups in total. The van der Waals surface area contributed by atoms with Gasteiger partial charge in [0.05, 0.1) is 23.9 Å². The van der Waals surface area contributed by atoms with Crippen molar-refractivity contribution in [1.82, 2.24) is 25.0 Å². The number of benzene rings is 1. The lowest BCUT2D eigenvalue weighted by Crippen LogP contribution is -2.30. The molecule has 1 aromatic carbocycles. The predicted molar refractivity (Wildman–Crippen MR) is 169 cm³/mol. The van der Waals surface area contributed by atoms with Crippen molar-refractivity contribution < 1.29 is 19.4 Å². The van der Waals surface area contributed by atoms with Gasteiger partial charge in [-0.25, -0.2) is 9.67 Å². The second-order valence-corrected chi connectivity index (χ2v) is 11.1. The number of aliphatic hydroxyl groups is 1. The summed E-state index contributed by atoms with van der Waals surface area (Å²) in [7, 11) is 1.98. The van der Waals surface area contributed by atoms with Crippen molar-refractivity contribution in [1.29, 1.82) is 0 Å².